The molecule has 0 atom stereocenters. The van der Waals surface area contributed by atoms with Crippen molar-refractivity contribution in [1.29, 1.82) is 0 Å². The van der Waals surface area contributed by atoms with E-state index in [-0.39, 0.29) is 6.10 Å². The Bertz CT molecular complexity index is 312. The van der Waals surface area contributed by atoms with Crippen LogP contribution in [0.3, 0.4) is 0 Å². The smallest absolute Gasteiger partial charge is 0.155 e. The Morgan fingerprint density at radius 2 is 2.31 bits per heavy atom. The Kier molecular flexibility index (Phi) is 3.25. The first-order valence-corrected chi connectivity index (χ1v) is 4.28. The highest BCUT2D eigenvalue weighted by Crippen LogP contribution is 2.20. The van der Waals surface area contributed by atoms with E-state index in [1.54, 1.807) is 0 Å². The first kappa shape index (κ1) is 9.99. The van der Waals surface area contributed by atoms with Gasteiger partial charge in [0.2, 0.25) is 0 Å². The molecule has 0 saturated heterocycles. The summed E-state index contributed by atoms with van der Waals surface area (Å²) in [7, 11) is 0. The van der Waals surface area contributed by atoms with Crippen LogP contribution in [-0.4, -0.2) is 17.4 Å². The van der Waals surface area contributed by atoms with Crippen LogP contribution in [0.25, 0.3) is 0 Å². The van der Waals surface area contributed by atoms with Crippen molar-refractivity contribution in [2.75, 3.05) is 0 Å². The standard InChI is InChI=1S/C9H10ClNO2/c1-6(2)13-8-3-9(10)11-4-7(8)5-12/h3-6H,1-2H3. The third-order valence-corrected chi connectivity index (χ3v) is 1.56. The first-order valence-electron chi connectivity index (χ1n) is 3.91. The fourth-order valence-electron chi connectivity index (χ4n) is 0.868. The molecular weight excluding hydrogens is 190 g/mol. The van der Waals surface area contributed by atoms with Crippen molar-refractivity contribution < 1.29 is 9.53 Å². The minimum Gasteiger partial charge on any atom is -0.490 e. The van der Waals surface area contributed by atoms with E-state index in [0.29, 0.717) is 22.8 Å². The fraction of sp³-hybridized carbons (Fsp3) is 0.333. The molecule has 0 saturated carbocycles. The average molecular weight is 200 g/mol. The van der Waals surface area contributed by atoms with Crippen molar-refractivity contribution in [1.82, 2.24) is 4.98 Å². The minimum absolute atomic E-state index is 0.0113. The molecule has 0 spiro atoms. The molecule has 0 N–H and O–H groups in total. The summed E-state index contributed by atoms with van der Waals surface area (Å²) in [6.07, 6.45) is 2.10. The van der Waals surface area contributed by atoms with Gasteiger partial charge in [0.1, 0.15) is 10.9 Å². The first-order chi connectivity index (χ1) is 6.13. The van der Waals surface area contributed by atoms with Crippen LogP contribution in [0.4, 0.5) is 0 Å². The Hall–Kier alpha value is -1.09. The van der Waals surface area contributed by atoms with Crippen molar-refractivity contribution in [3.05, 3.63) is 23.0 Å². The molecule has 13 heavy (non-hydrogen) atoms. The number of halogens is 1. The van der Waals surface area contributed by atoms with Gasteiger partial charge in [-0.3, -0.25) is 4.79 Å². The summed E-state index contributed by atoms with van der Waals surface area (Å²) in [5.74, 6) is 0.477. The summed E-state index contributed by atoms with van der Waals surface area (Å²) in [6.45, 7) is 3.76. The Balaban J connectivity index is 3.01. The molecule has 0 amide bonds. The molecular formula is C9H10ClNO2. The van der Waals surface area contributed by atoms with Crippen molar-refractivity contribution in [3.8, 4) is 5.75 Å². The SMILES string of the molecule is CC(C)Oc1cc(Cl)ncc1C=O. The molecule has 1 aromatic rings. The Morgan fingerprint density at radius 1 is 1.62 bits per heavy atom. The highest BCUT2D eigenvalue weighted by molar-refractivity contribution is 6.29. The quantitative estimate of drug-likeness (QED) is 0.554. The Labute approximate surface area is 81.7 Å². The molecule has 1 rings (SSSR count). The van der Waals surface area contributed by atoms with Gasteiger partial charge in [0.25, 0.3) is 0 Å². The molecule has 0 aliphatic heterocycles. The second-order valence-electron chi connectivity index (χ2n) is 2.83. The van der Waals surface area contributed by atoms with Crippen LogP contribution in [0, 0.1) is 0 Å². The zero-order valence-electron chi connectivity index (χ0n) is 7.45. The molecule has 4 heteroatoms. The second kappa shape index (κ2) is 4.23. The number of carbonyl (C=O) groups excluding carboxylic acids is 1. The van der Waals surface area contributed by atoms with Crippen LogP contribution < -0.4 is 4.74 Å². The van der Waals surface area contributed by atoms with Crippen molar-refractivity contribution >= 4 is 17.9 Å². The number of carbonyl (C=O) groups is 1. The van der Waals surface area contributed by atoms with Crippen LogP contribution in [0.2, 0.25) is 5.15 Å². The molecule has 0 radical (unpaired) electrons. The average Bonchev–Trinajstić information content (AvgIpc) is 2.03. The lowest BCUT2D eigenvalue weighted by atomic mass is 10.3. The number of ether oxygens (including phenoxy) is 1. The van der Waals surface area contributed by atoms with Gasteiger partial charge in [-0.25, -0.2) is 4.98 Å². The number of aldehydes is 1. The molecule has 3 nitrogen and oxygen atoms in total. The van der Waals surface area contributed by atoms with Gasteiger partial charge in [-0.15, -0.1) is 0 Å². The number of hydrogen-bond acceptors (Lipinski definition) is 3. The van der Waals surface area contributed by atoms with E-state index in [9.17, 15) is 4.79 Å². The minimum atomic E-state index is 0.0113. The van der Waals surface area contributed by atoms with Crippen molar-refractivity contribution in [2.24, 2.45) is 0 Å². The lowest BCUT2D eigenvalue weighted by molar-refractivity contribution is 0.111. The maximum Gasteiger partial charge on any atom is 0.155 e. The predicted molar refractivity (Wildman–Crippen MR) is 50.4 cm³/mol. The maximum atomic E-state index is 10.6. The third-order valence-electron chi connectivity index (χ3n) is 1.35. The van der Waals surface area contributed by atoms with Crippen LogP contribution in [0.1, 0.15) is 24.2 Å². The molecule has 0 fully saturated rings. The van der Waals surface area contributed by atoms with Gasteiger partial charge >= 0.3 is 0 Å². The topological polar surface area (TPSA) is 39.2 Å². The third kappa shape index (κ3) is 2.70. The van der Waals surface area contributed by atoms with Crippen LogP contribution in [0.15, 0.2) is 12.3 Å². The Morgan fingerprint density at radius 3 is 2.85 bits per heavy atom. The highest BCUT2D eigenvalue weighted by atomic mass is 35.5. The lowest BCUT2D eigenvalue weighted by Gasteiger charge is -2.10. The lowest BCUT2D eigenvalue weighted by Crippen LogP contribution is -2.07. The molecule has 0 aromatic carbocycles. The summed E-state index contributed by atoms with van der Waals surface area (Å²) in [5, 5.41) is 0.321. The van der Waals surface area contributed by atoms with Gasteiger partial charge < -0.3 is 4.74 Å². The highest BCUT2D eigenvalue weighted by Gasteiger charge is 2.06. The number of nitrogens with zero attached hydrogens (tertiary/aromatic N) is 1. The number of aromatic nitrogens is 1. The summed E-state index contributed by atoms with van der Waals surface area (Å²) < 4.78 is 5.36. The van der Waals surface area contributed by atoms with E-state index in [2.05, 4.69) is 4.98 Å². The van der Waals surface area contributed by atoms with E-state index in [0.717, 1.165) is 0 Å². The maximum absolute atomic E-state index is 10.6. The van der Waals surface area contributed by atoms with E-state index >= 15 is 0 Å². The monoisotopic (exact) mass is 199 g/mol. The van der Waals surface area contributed by atoms with E-state index < -0.39 is 0 Å². The summed E-state index contributed by atoms with van der Waals surface area (Å²) in [6, 6.07) is 1.53. The summed E-state index contributed by atoms with van der Waals surface area (Å²) in [4.78, 5) is 14.3. The summed E-state index contributed by atoms with van der Waals surface area (Å²) >= 11 is 5.65. The van der Waals surface area contributed by atoms with Gasteiger partial charge in [0.15, 0.2) is 6.29 Å². The molecule has 0 aliphatic rings. The van der Waals surface area contributed by atoms with Crippen molar-refractivity contribution in [3.63, 3.8) is 0 Å². The molecule has 0 unspecified atom stereocenters. The van der Waals surface area contributed by atoms with Gasteiger partial charge in [-0.1, -0.05) is 11.6 Å². The number of pyridine rings is 1. The normalized spacial score (nSPS) is 10.2. The zero-order valence-corrected chi connectivity index (χ0v) is 8.21. The largest absolute Gasteiger partial charge is 0.490 e. The molecule has 0 aliphatic carbocycles. The molecule has 1 aromatic heterocycles. The molecule has 0 bridgehead atoms. The van der Waals surface area contributed by atoms with E-state index in [1.807, 2.05) is 13.8 Å². The zero-order chi connectivity index (χ0) is 9.84. The van der Waals surface area contributed by atoms with Crippen LogP contribution in [-0.2, 0) is 0 Å². The summed E-state index contributed by atoms with van der Waals surface area (Å²) in [5.41, 5.74) is 0.415. The molecule has 70 valence electrons. The van der Waals surface area contributed by atoms with Gasteiger partial charge in [0.05, 0.1) is 11.7 Å². The van der Waals surface area contributed by atoms with Crippen LogP contribution >= 0.6 is 11.6 Å². The van der Waals surface area contributed by atoms with Gasteiger partial charge in [-0.05, 0) is 13.8 Å². The number of rotatable bonds is 3. The van der Waals surface area contributed by atoms with Crippen molar-refractivity contribution in [2.45, 2.75) is 20.0 Å². The van der Waals surface area contributed by atoms with Gasteiger partial charge in [-0.2, -0.15) is 0 Å². The second-order valence-corrected chi connectivity index (χ2v) is 3.22. The van der Waals surface area contributed by atoms with Gasteiger partial charge in [0, 0.05) is 12.3 Å². The van der Waals surface area contributed by atoms with Crippen LogP contribution in [0.5, 0.6) is 5.75 Å². The van der Waals surface area contributed by atoms with E-state index in [1.165, 1.54) is 12.3 Å². The van der Waals surface area contributed by atoms with E-state index in [4.69, 9.17) is 16.3 Å². The fourth-order valence-corrected chi connectivity index (χ4v) is 1.02. The predicted octanol–water partition coefficient (Wildman–Crippen LogP) is 2.33. The number of hydrogen-bond donors (Lipinski definition) is 0. The molecule has 1 heterocycles.